The highest BCUT2D eigenvalue weighted by molar-refractivity contribution is 7.19. The van der Waals surface area contributed by atoms with E-state index in [1.165, 1.54) is 10.4 Å². The summed E-state index contributed by atoms with van der Waals surface area (Å²) >= 11 is 1.68. The van der Waals surface area contributed by atoms with Crippen LogP contribution in [0.25, 0.3) is 21.3 Å². The summed E-state index contributed by atoms with van der Waals surface area (Å²) in [5, 5.41) is 4.59. The normalized spacial score (nSPS) is 13.7. The number of morpholine rings is 1. The van der Waals surface area contributed by atoms with Crippen LogP contribution in [0, 0.1) is 13.8 Å². The molecule has 36 heavy (non-hydrogen) atoms. The summed E-state index contributed by atoms with van der Waals surface area (Å²) in [5.74, 6) is 2.33. The van der Waals surface area contributed by atoms with E-state index in [0.29, 0.717) is 26.4 Å². The zero-order chi connectivity index (χ0) is 25.1. The molecule has 0 amide bonds. The monoisotopic (exact) mass is 504 g/mol. The van der Waals surface area contributed by atoms with Crippen LogP contribution in [0.15, 0.2) is 42.7 Å². The van der Waals surface area contributed by atoms with Crippen molar-refractivity contribution < 1.29 is 14.2 Å². The predicted molar refractivity (Wildman–Crippen MR) is 147 cm³/mol. The highest BCUT2D eigenvalue weighted by Crippen LogP contribution is 2.44. The van der Waals surface area contributed by atoms with Crippen molar-refractivity contribution in [1.29, 1.82) is 0 Å². The average molecular weight is 505 g/mol. The summed E-state index contributed by atoms with van der Waals surface area (Å²) in [6, 6.07) is 12.7. The van der Waals surface area contributed by atoms with E-state index in [-0.39, 0.29) is 0 Å². The molecular formula is C28H32N4O3S. The number of rotatable bonds is 8. The molecule has 3 heterocycles. The number of benzene rings is 2. The van der Waals surface area contributed by atoms with E-state index in [1.54, 1.807) is 17.7 Å². The van der Waals surface area contributed by atoms with Crippen LogP contribution in [0.3, 0.4) is 0 Å². The van der Waals surface area contributed by atoms with Gasteiger partial charge in [0.1, 0.15) is 28.5 Å². The standard InChI is InChI=1S/C28H32N4O3S/c1-5-34-23-16-22(32-11-13-33-14-12-32)24(35-6-2)15-21(23)31-27-26-25(20-9-7-18(3)8-10-20)19(4)36-28(26)30-17-29-27/h7-10,15-17H,5-6,11-14H2,1-4H3,(H,29,30,31). The summed E-state index contributed by atoms with van der Waals surface area (Å²) < 4.78 is 17.8. The van der Waals surface area contributed by atoms with Crippen molar-refractivity contribution in [3.63, 3.8) is 0 Å². The number of ether oxygens (including phenoxy) is 3. The van der Waals surface area contributed by atoms with E-state index < -0.39 is 0 Å². The molecule has 188 valence electrons. The van der Waals surface area contributed by atoms with Gasteiger partial charge in [-0.3, -0.25) is 0 Å². The zero-order valence-corrected chi connectivity index (χ0v) is 22.1. The van der Waals surface area contributed by atoms with E-state index in [1.807, 2.05) is 19.9 Å². The van der Waals surface area contributed by atoms with Gasteiger partial charge >= 0.3 is 0 Å². The van der Waals surface area contributed by atoms with Gasteiger partial charge in [-0.05, 0) is 33.3 Å². The molecule has 1 aliphatic rings. The molecule has 0 unspecified atom stereocenters. The second-order valence-electron chi connectivity index (χ2n) is 8.71. The van der Waals surface area contributed by atoms with Gasteiger partial charge in [-0.1, -0.05) is 29.8 Å². The van der Waals surface area contributed by atoms with Crippen LogP contribution in [0.5, 0.6) is 11.5 Å². The van der Waals surface area contributed by atoms with Gasteiger partial charge in [0, 0.05) is 35.7 Å². The Bertz CT molecular complexity index is 1350. The van der Waals surface area contributed by atoms with E-state index in [4.69, 9.17) is 14.2 Å². The van der Waals surface area contributed by atoms with E-state index >= 15 is 0 Å². The Morgan fingerprint density at radius 1 is 0.972 bits per heavy atom. The van der Waals surface area contributed by atoms with Crippen molar-refractivity contribution in [2.45, 2.75) is 27.7 Å². The summed E-state index contributed by atoms with van der Waals surface area (Å²) in [6.07, 6.45) is 1.62. The first-order valence-corrected chi connectivity index (χ1v) is 13.2. The number of nitrogens with zero attached hydrogens (tertiary/aromatic N) is 3. The number of hydrogen-bond donors (Lipinski definition) is 1. The Morgan fingerprint density at radius 2 is 1.69 bits per heavy atom. The van der Waals surface area contributed by atoms with Gasteiger partial charge in [0.2, 0.25) is 0 Å². The minimum absolute atomic E-state index is 0.552. The first-order chi connectivity index (χ1) is 17.6. The van der Waals surface area contributed by atoms with Crippen molar-refractivity contribution in [3.8, 4) is 22.6 Å². The topological polar surface area (TPSA) is 68.7 Å². The number of hydrogen-bond acceptors (Lipinski definition) is 8. The molecule has 0 spiro atoms. The Hall–Kier alpha value is -3.36. The van der Waals surface area contributed by atoms with Crippen molar-refractivity contribution in [1.82, 2.24) is 9.97 Å². The summed E-state index contributed by atoms with van der Waals surface area (Å²) in [4.78, 5) is 13.7. The van der Waals surface area contributed by atoms with E-state index in [2.05, 4.69) is 64.4 Å². The van der Waals surface area contributed by atoms with Gasteiger partial charge in [0.25, 0.3) is 0 Å². The fraction of sp³-hybridized carbons (Fsp3) is 0.357. The van der Waals surface area contributed by atoms with Crippen LogP contribution >= 0.6 is 11.3 Å². The quantitative estimate of drug-likeness (QED) is 0.300. The van der Waals surface area contributed by atoms with Gasteiger partial charge in [-0.25, -0.2) is 9.97 Å². The summed E-state index contributed by atoms with van der Waals surface area (Å²) in [5.41, 5.74) is 5.39. The Balaban J connectivity index is 1.61. The highest BCUT2D eigenvalue weighted by Gasteiger charge is 2.22. The number of aromatic nitrogens is 2. The molecule has 0 radical (unpaired) electrons. The first kappa shape index (κ1) is 24.3. The molecule has 8 heteroatoms. The number of anilines is 3. The summed E-state index contributed by atoms with van der Waals surface area (Å²) in [6.45, 7) is 12.4. The van der Waals surface area contributed by atoms with E-state index in [0.717, 1.165) is 63.1 Å². The second-order valence-corrected chi connectivity index (χ2v) is 9.91. The number of aryl methyl sites for hydroxylation is 2. The molecule has 4 aromatic rings. The van der Waals surface area contributed by atoms with Crippen LogP contribution in [0.1, 0.15) is 24.3 Å². The lowest BCUT2D eigenvalue weighted by molar-refractivity contribution is 0.122. The molecule has 0 saturated carbocycles. The average Bonchev–Trinajstić information content (AvgIpc) is 3.23. The number of nitrogens with one attached hydrogen (secondary N) is 1. The molecule has 7 nitrogen and oxygen atoms in total. The fourth-order valence-corrected chi connectivity index (χ4v) is 5.59. The van der Waals surface area contributed by atoms with Gasteiger partial charge in [0.15, 0.2) is 0 Å². The SMILES string of the molecule is CCOc1cc(N2CCOCC2)c(OCC)cc1Nc1ncnc2sc(C)c(-c3ccc(C)cc3)c12. The lowest BCUT2D eigenvalue weighted by atomic mass is 10.0. The minimum atomic E-state index is 0.552. The maximum atomic E-state index is 6.10. The third-order valence-corrected chi connectivity index (χ3v) is 7.28. The van der Waals surface area contributed by atoms with Crippen molar-refractivity contribution >= 4 is 38.7 Å². The largest absolute Gasteiger partial charge is 0.492 e. The molecule has 2 aromatic carbocycles. The zero-order valence-electron chi connectivity index (χ0n) is 21.3. The highest BCUT2D eigenvalue weighted by atomic mass is 32.1. The van der Waals surface area contributed by atoms with Crippen LogP contribution < -0.4 is 19.7 Å². The van der Waals surface area contributed by atoms with Crippen molar-refractivity contribution in [2.75, 3.05) is 49.7 Å². The molecule has 1 N–H and O–H groups in total. The third kappa shape index (κ3) is 4.83. The Morgan fingerprint density at radius 3 is 2.42 bits per heavy atom. The third-order valence-electron chi connectivity index (χ3n) is 6.27. The Kier molecular flexibility index (Phi) is 7.25. The predicted octanol–water partition coefficient (Wildman–Crippen LogP) is 6.35. The van der Waals surface area contributed by atoms with Crippen LogP contribution in [0.2, 0.25) is 0 Å². The van der Waals surface area contributed by atoms with Crippen LogP contribution in [0.4, 0.5) is 17.2 Å². The molecule has 2 aromatic heterocycles. The summed E-state index contributed by atoms with van der Waals surface area (Å²) in [7, 11) is 0. The lowest BCUT2D eigenvalue weighted by Crippen LogP contribution is -2.36. The Labute approximate surface area is 216 Å². The molecule has 1 fully saturated rings. The molecule has 1 saturated heterocycles. The second kappa shape index (κ2) is 10.7. The van der Waals surface area contributed by atoms with Crippen LogP contribution in [-0.2, 0) is 4.74 Å². The number of fused-ring (bicyclic) bond motifs is 1. The van der Waals surface area contributed by atoms with Gasteiger partial charge < -0.3 is 24.4 Å². The van der Waals surface area contributed by atoms with Crippen molar-refractivity contribution in [2.24, 2.45) is 0 Å². The molecule has 5 rings (SSSR count). The fourth-order valence-electron chi connectivity index (χ4n) is 4.58. The van der Waals surface area contributed by atoms with E-state index in [9.17, 15) is 0 Å². The van der Waals surface area contributed by atoms with Gasteiger partial charge in [-0.2, -0.15) is 0 Å². The lowest BCUT2D eigenvalue weighted by Gasteiger charge is -2.31. The maximum Gasteiger partial charge on any atom is 0.145 e. The molecule has 1 aliphatic heterocycles. The maximum absolute atomic E-state index is 6.10. The van der Waals surface area contributed by atoms with Crippen molar-refractivity contribution in [3.05, 3.63) is 53.2 Å². The molecule has 0 atom stereocenters. The first-order valence-electron chi connectivity index (χ1n) is 12.4. The minimum Gasteiger partial charge on any atom is -0.492 e. The van der Waals surface area contributed by atoms with Gasteiger partial charge in [-0.15, -0.1) is 11.3 Å². The molecular weight excluding hydrogens is 472 g/mol. The number of thiophene rings is 1. The molecule has 0 bridgehead atoms. The smallest absolute Gasteiger partial charge is 0.145 e. The van der Waals surface area contributed by atoms with Crippen LogP contribution in [-0.4, -0.2) is 49.5 Å². The molecule has 0 aliphatic carbocycles. The van der Waals surface area contributed by atoms with Gasteiger partial charge in [0.05, 0.1) is 43.2 Å².